The number of amides is 2. The number of aromatic hydroxyl groups is 4. The number of rotatable bonds is 0. The van der Waals surface area contributed by atoms with Crippen molar-refractivity contribution in [2.24, 2.45) is 0 Å². The molecule has 0 unspecified atom stereocenters. The van der Waals surface area contributed by atoms with Crippen LogP contribution in [0.3, 0.4) is 0 Å². The van der Waals surface area contributed by atoms with Crippen LogP contribution in [0.4, 0.5) is 4.79 Å². The fraction of sp³-hybridized carbons (Fsp3) is 0.533. The number of thiocarbonyl (C=S) groups is 3. The van der Waals surface area contributed by atoms with Crippen LogP contribution in [0.1, 0.15) is 150 Å². The van der Waals surface area contributed by atoms with Gasteiger partial charge in [0.15, 0.2) is 15.3 Å². The first kappa shape index (κ1) is 55.2. The average molecular weight is 1090 g/mol. The van der Waals surface area contributed by atoms with Crippen LogP contribution in [0, 0.1) is 0 Å². The lowest BCUT2D eigenvalue weighted by Crippen LogP contribution is -2.33. The van der Waals surface area contributed by atoms with Crippen molar-refractivity contribution in [3.05, 3.63) is 115 Å². The molecule has 16 bridgehead atoms. The van der Waals surface area contributed by atoms with Crippen molar-refractivity contribution in [2.45, 2.75) is 157 Å². The number of hydrogen-bond acceptors (Lipinski definition) is 8. The first-order valence-electron chi connectivity index (χ1n) is 27.0. The molecule has 5 aliphatic rings. The highest BCUT2D eigenvalue weighted by Crippen LogP contribution is 2.40. The van der Waals surface area contributed by atoms with Gasteiger partial charge in [-0.2, -0.15) is 0 Å². The van der Waals surface area contributed by atoms with Crippen LogP contribution < -0.4 is 0 Å². The summed E-state index contributed by atoms with van der Waals surface area (Å²) < 4.78 is 0. The van der Waals surface area contributed by atoms with Gasteiger partial charge in [-0.05, 0) is 129 Å². The highest BCUT2D eigenvalue weighted by Gasteiger charge is 2.36. The van der Waals surface area contributed by atoms with E-state index in [-0.39, 0.29) is 63.8 Å². The second-order valence-corrected chi connectivity index (χ2v) is 27.2. The zero-order valence-corrected chi connectivity index (χ0v) is 49.4. The molecule has 0 atom stereocenters. The summed E-state index contributed by atoms with van der Waals surface area (Å²) in [6, 6.07) is 16.5. The highest BCUT2D eigenvalue weighted by molar-refractivity contribution is 7.80. The van der Waals surface area contributed by atoms with Gasteiger partial charge in [-0.1, -0.05) is 83.1 Å². The third kappa shape index (κ3) is 11.2. The van der Waals surface area contributed by atoms with Crippen LogP contribution in [0.2, 0.25) is 0 Å². The Morgan fingerprint density at radius 1 is 0.303 bits per heavy atom. The quantitative estimate of drug-likeness (QED) is 0.125. The molecule has 5 aliphatic heterocycles. The summed E-state index contributed by atoms with van der Waals surface area (Å²) in [6.45, 7) is 33.7. The lowest BCUT2D eigenvalue weighted by atomic mass is 9.84. The monoisotopic (exact) mass is 1090 g/mol. The van der Waals surface area contributed by atoms with Crippen LogP contribution in [-0.4, -0.2) is 133 Å². The van der Waals surface area contributed by atoms with Crippen molar-refractivity contribution in [1.29, 1.82) is 0 Å². The summed E-state index contributed by atoms with van der Waals surface area (Å²) in [5.41, 5.74) is 9.41. The van der Waals surface area contributed by atoms with E-state index in [4.69, 9.17) is 36.7 Å². The molecule has 4 fully saturated rings. The molecule has 4 aromatic carbocycles. The van der Waals surface area contributed by atoms with Crippen LogP contribution in [0.25, 0.3) is 0 Å². The van der Waals surface area contributed by atoms with Crippen LogP contribution in [-0.2, 0) is 74.0 Å². The Hall–Kier alpha value is -5.58. The summed E-state index contributed by atoms with van der Waals surface area (Å²) in [5, 5.41) is 50.5. The molecule has 4 N–H and O–H groups in total. The number of phenols is 4. The van der Waals surface area contributed by atoms with E-state index in [1.165, 1.54) is 0 Å². The van der Waals surface area contributed by atoms with Gasteiger partial charge >= 0.3 is 6.03 Å². The number of nitrogens with zero attached hydrogens (tertiary/aromatic N) is 8. The molecule has 5 heterocycles. The molecule has 408 valence electrons. The fourth-order valence-electron chi connectivity index (χ4n) is 11.1. The van der Waals surface area contributed by atoms with E-state index in [2.05, 4.69) is 149 Å². The minimum absolute atomic E-state index is 0.156. The number of carbonyl (C=O) groups is 1. The summed E-state index contributed by atoms with van der Waals surface area (Å²) in [7, 11) is 0. The van der Waals surface area contributed by atoms with Gasteiger partial charge in [-0.25, -0.2) is 4.79 Å². The fourth-order valence-corrected chi connectivity index (χ4v) is 12.0. The van der Waals surface area contributed by atoms with Crippen molar-refractivity contribution in [3.63, 3.8) is 0 Å². The lowest BCUT2D eigenvalue weighted by Gasteiger charge is -2.29. The van der Waals surface area contributed by atoms with Crippen molar-refractivity contribution >= 4 is 58.0 Å². The maximum absolute atomic E-state index is 14.4. The predicted molar refractivity (Wildman–Crippen MR) is 314 cm³/mol. The SMILES string of the molecule is CC(C)(C)c1cc2c(O)c(c1)CN1CCN(Cc3cc(C(C)(C)C)cc(c3O)CN3CCN(Cc4cc(C(C)(C)C)cc(c4O)CN4CCN(Cc5cc(C(C)(C)C)cc(c5O)CN5CCN(C2)C5=O)C4=S)C3=S)C1=S. The van der Waals surface area contributed by atoms with E-state index in [9.17, 15) is 25.2 Å². The molecule has 76 heavy (non-hydrogen) atoms. The molecular weight excluding hydrogens is 1010 g/mol. The molecule has 4 aromatic rings. The molecule has 9 rings (SSSR count). The summed E-state index contributed by atoms with van der Waals surface area (Å²) in [6.07, 6.45) is 0. The van der Waals surface area contributed by atoms with E-state index in [0.717, 1.165) is 55.6 Å². The first-order chi connectivity index (χ1) is 35.4. The normalized spacial score (nSPS) is 18.6. The molecule has 0 spiro atoms. The Morgan fingerprint density at radius 3 is 0.605 bits per heavy atom. The lowest BCUT2D eigenvalue weighted by molar-refractivity contribution is 0.188. The van der Waals surface area contributed by atoms with E-state index in [0.29, 0.717) is 118 Å². The van der Waals surface area contributed by atoms with Gasteiger partial charge in [0, 0.05) is 136 Å². The Bertz CT molecular complexity index is 2440. The third-order valence-corrected chi connectivity index (χ3v) is 17.7. The Balaban J connectivity index is 1.09. The number of hydrogen-bond donors (Lipinski definition) is 4. The Morgan fingerprint density at radius 2 is 0.447 bits per heavy atom. The van der Waals surface area contributed by atoms with Gasteiger partial charge in [-0.3, -0.25) is 0 Å². The second-order valence-electron chi connectivity index (χ2n) is 26.1. The Labute approximate surface area is 467 Å². The number of carbonyl (C=O) groups excluding carboxylic acids is 1. The average Bonchev–Trinajstić information content (AvgIpc) is 4.06. The third-order valence-electron chi connectivity index (χ3n) is 16.1. The zero-order valence-electron chi connectivity index (χ0n) is 46.9. The molecule has 0 radical (unpaired) electrons. The van der Waals surface area contributed by atoms with Gasteiger partial charge in [-0.15, -0.1) is 0 Å². The number of phenolic OH excluding ortho intramolecular Hbond substituents is 4. The summed E-state index contributed by atoms with van der Waals surface area (Å²) in [4.78, 5) is 30.8. The van der Waals surface area contributed by atoms with Crippen molar-refractivity contribution in [1.82, 2.24) is 39.2 Å². The summed E-state index contributed by atoms with van der Waals surface area (Å²) in [5.74, 6) is 0.774. The zero-order chi connectivity index (χ0) is 55.1. The molecule has 0 saturated carbocycles. The standard InChI is InChI=1S/C60H80N8O5S3/c1-57(2,3)45-21-37-29-61-13-14-62(53(61)73)30-38-22-46(58(4,5)6)24-40(50(38)70)32-64-16-18-66(55(64)75)34-42-26-48(60(10,11)12)28-44(52(42)72)36-68-20-19-67(56(68)76)35-43-27-47(59(7,8)9)25-41(51(43)71)33-65-17-15-63(54(65)74)31-39(23-45)49(37)69/h21-28,69-72H,13-20,29-36H2,1-12H3. The van der Waals surface area contributed by atoms with Gasteiger partial charge in [0.1, 0.15) is 23.0 Å². The Kier molecular flexibility index (Phi) is 14.8. The van der Waals surface area contributed by atoms with Gasteiger partial charge in [0.2, 0.25) is 0 Å². The summed E-state index contributed by atoms with van der Waals surface area (Å²) >= 11 is 18.6. The molecular formula is C60H80N8O5S3. The number of fused-ring (bicyclic) bond motifs is 16. The maximum Gasteiger partial charge on any atom is 0.320 e. The largest absolute Gasteiger partial charge is 0.507 e. The van der Waals surface area contributed by atoms with E-state index < -0.39 is 0 Å². The molecule has 4 saturated heterocycles. The molecule has 13 nitrogen and oxygen atoms in total. The minimum Gasteiger partial charge on any atom is -0.507 e. The molecule has 0 aromatic heterocycles. The van der Waals surface area contributed by atoms with Gasteiger partial charge < -0.3 is 59.6 Å². The molecule has 16 heteroatoms. The molecule has 2 amide bonds. The van der Waals surface area contributed by atoms with E-state index >= 15 is 0 Å². The number of benzene rings is 4. The minimum atomic E-state index is -0.245. The first-order valence-corrected chi connectivity index (χ1v) is 28.2. The van der Waals surface area contributed by atoms with Crippen molar-refractivity contribution in [3.8, 4) is 23.0 Å². The van der Waals surface area contributed by atoms with Crippen molar-refractivity contribution in [2.75, 3.05) is 52.4 Å². The van der Waals surface area contributed by atoms with Crippen LogP contribution in [0.5, 0.6) is 23.0 Å². The second kappa shape index (κ2) is 20.3. The van der Waals surface area contributed by atoms with Crippen LogP contribution in [0.15, 0.2) is 48.5 Å². The molecule has 0 aliphatic carbocycles. The van der Waals surface area contributed by atoms with Gasteiger partial charge in [0.25, 0.3) is 0 Å². The highest BCUT2D eigenvalue weighted by atomic mass is 32.1. The number of urea groups is 1. The van der Waals surface area contributed by atoms with Crippen LogP contribution >= 0.6 is 36.7 Å². The topological polar surface area (TPSA) is 124 Å². The van der Waals surface area contributed by atoms with E-state index in [1.807, 2.05) is 12.1 Å². The predicted octanol–water partition coefficient (Wildman–Crippen LogP) is 10.3. The maximum atomic E-state index is 14.4. The van der Waals surface area contributed by atoms with E-state index in [1.54, 1.807) is 9.80 Å². The smallest absolute Gasteiger partial charge is 0.320 e. The van der Waals surface area contributed by atoms with Gasteiger partial charge in [0.05, 0.1) is 13.1 Å². The van der Waals surface area contributed by atoms with Crippen molar-refractivity contribution < 1.29 is 25.2 Å².